The highest BCUT2D eigenvalue weighted by Gasteiger charge is 2.46. The van der Waals surface area contributed by atoms with Crippen molar-refractivity contribution in [3.63, 3.8) is 0 Å². The van der Waals surface area contributed by atoms with Gasteiger partial charge in [-0.1, -0.05) is 51.9 Å². The summed E-state index contributed by atoms with van der Waals surface area (Å²) in [5.74, 6) is 1.28. The lowest BCUT2D eigenvalue weighted by atomic mass is 9.85. The standard InChI is InChI=1S/C40H64N6O6Si2/c1-12-51-28(2)35-36(30-21-32-15-16-33(22-30)45(32)39(48)52-40(3,4)5)43-37-34(29-13-14-31(25-47)41-23-29)24-42-46(37)38(35)44(26-49-17-19-53(6,7)8)27-50-18-20-54(9,10)11/h13-14,23-24,30,32-33,47H,2,12,15-22,25-27H2,1,3-11H3/t30-,32+,33-. The lowest BCUT2D eigenvalue weighted by Gasteiger charge is -2.40. The Morgan fingerprint density at radius 3 is 2.09 bits per heavy atom. The third kappa shape index (κ3) is 10.5. The number of aliphatic hydroxyl groups excluding tert-OH is 1. The number of piperidine rings is 1. The van der Waals surface area contributed by atoms with E-state index >= 15 is 0 Å². The second-order valence-electron chi connectivity index (χ2n) is 18.2. The first-order valence-electron chi connectivity index (χ1n) is 19.6. The van der Waals surface area contributed by atoms with E-state index in [0.717, 1.165) is 66.0 Å². The summed E-state index contributed by atoms with van der Waals surface area (Å²) >= 11 is 0. The average molecular weight is 781 g/mol. The quantitative estimate of drug-likeness (QED) is 0.0619. The minimum absolute atomic E-state index is 0.0113. The van der Waals surface area contributed by atoms with Crippen molar-refractivity contribution < 1.29 is 28.8 Å². The first-order valence-corrected chi connectivity index (χ1v) is 27.0. The number of aliphatic hydroxyl groups is 1. The number of carbonyl (C=O) groups is 1. The number of ether oxygens (including phenoxy) is 4. The second-order valence-corrected chi connectivity index (χ2v) is 29.5. The summed E-state index contributed by atoms with van der Waals surface area (Å²) in [4.78, 5) is 27.5. The van der Waals surface area contributed by atoms with Crippen LogP contribution in [-0.2, 0) is 25.6 Å². The summed E-state index contributed by atoms with van der Waals surface area (Å²) < 4.78 is 26.9. The zero-order valence-corrected chi connectivity index (χ0v) is 36.4. The van der Waals surface area contributed by atoms with Gasteiger partial charge in [0.2, 0.25) is 0 Å². The van der Waals surface area contributed by atoms with E-state index in [2.05, 4.69) is 55.7 Å². The zero-order chi connectivity index (χ0) is 39.4. The van der Waals surface area contributed by atoms with Crippen molar-refractivity contribution in [2.24, 2.45) is 0 Å². The van der Waals surface area contributed by atoms with Crippen LogP contribution in [-0.4, -0.2) is 103 Å². The molecule has 2 bridgehead atoms. The third-order valence-corrected chi connectivity index (χ3v) is 13.5. The molecule has 2 saturated heterocycles. The van der Waals surface area contributed by atoms with E-state index in [-0.39, 0.29) is 44.2 Å². The summed E-state index contributed by atoms with van der Waals surface area (Å²) in [7, 11) is -2.68. The smallest absolute Gasteiger partial charge is 0.410 e. The van der Waals surface area contributed by atoms with Gasteiger partial charge in [0.1, 0.15) is 30.6 Å². The molecular weight excluding hydrogens is 717 g/mol. The summed E-state index contributed by atoms with van der Waals surface area (Å²) in [5.41, 5.74) is 3.99. The molecule has 2 aliphatic heterocycles. The van der Waals surface area contributed by atoms with Crippen LogP contribution in [0.1, 0.15) is 76.2 Å². The lowest BCUT2D eigenvalue weighted by molar-refractivity contribution is 0.00566. The van der Waals surface area contributed by atoms with Gasteiger partial charge in [-0.05, 0) is 71.5 Å². The fraction of sp³-hybridized carbons (Fsp3) is 0.650. The predicted molar refractivity (Wildman–Crippen MR) is 220 cm³/mol. The number of rotatable bonds is 17. The zero-order valence-electron chi connectivity index (χ0n) is 34.4. The van der Waals surface area contributed by atoms with Crippen LogP contribution in [0, 0.1) is 0 Å². The van der Waals surface area contributed by atoms with Gasteiger partial charge in [0.25, 0.3) is 0 Å². The van der Waals surface area contributed by atoms with Gasteiger partial charge in [0, 0.05) is 64.7 Å². The van der Waals surface area contributed by atoms with Crippen molar-refractivity contribution in [1.29, 1.82) is 0 Å². The molecule has 0 radical (unpaired) electrons. The van der Waals surface area contributed by atoms with Crippen molar-refractivity contribution in [2.75, 3.05) is 38.2 Å². The third-order valence-electron chi connectivity index (χ3n) is 10.1. The van der Waals surface area contributed by atoms with E-state index in [1.807, 2.05) is 55.4 Å². The Bertz CT molecular complexity index is 1710. The number of hydrogen-bond acceptors (Lipinski definition) is 10. The molecule has 0 aliphatic carbocycles. The molecule has 298 valence electrons. The minimum atomic E-state index is -1.34. The van der Waals surface area contributed by atoms with Crippen molar-refractivity contribution in [3.05, 3.63) is 48.1 Å². The Labute approximate surface area is 324 Å². The number of fused-ring (bicyclic) bond motifs is 3. The Balaban J connectivity index is 1.66. The van der Waals surface area contributed by atoms with E-state index in [9.17, 15) is 9.90 Å². The molecule has 1 N–H and O–H groups in total. The number of pyridine rings is 1. The Morgan fingerprint density at radius 1 is 0.981 bits per heavy atom. The van der Waals surface area contributed by atoms with Gasteiger partial charge in [-0.25, -0.2) is 9.78 Å². The van der Waals surface area contributed by atoms with Gasteiger partial charge >= 0.3 is 6.09 Å². The van der Waals surface area contributed by atoms with Crippen LogP contribution < -0.4 is 4.90 Å². The molecule has 0 aromatic carbocycles. The molecule has 12 nitrogen and oxygen atoms in total. The molecule has 5 rings (SSSR count). The number of carbonyl (C=O) groups excluding carboxylic acids is 1. The molecule has 0 unspecified atom stereocenters. The summed E-state index contributed by atoms with van der Waals surface area (Å²) in [6.07, 6.45) is 6.64. The summed E-state index contributed by atoms with van der Waals surface area (Å²) in [6, 6.07) is 5.90. The fourth-order valence-electron chi connectivity index (χ4n) is 7.26. The highest BCUT2D eigenvalue weighted by molar-refractivity contribution is 6.76. The summed E-state index contributed by atoms with van der Waals surface area (Å²) in [5, 5.41) is 14.7. The lowest BCUT2D eigenvalue weighted by Crippen LogP contribution is -2.48. The minimum Gasteiger partial charge on any atom is -0.494 e. The highest BCUT2D eigenvalue weighted by atomic mass is 28.3. The van der Waals surface area contributed by atoms with Crippen LogP contribution in [0.4, 0.5) is 10.6 Å². The molecule has 54 heavy (non-hydrogen) atoms. The van der Waals surface area contributed by atoms with Gasteiger partial charge in [0.15, 0.2) is 5.65 Å². The maximum Gasteiger partial charge on any atom is 0.410 e. The van der Waals surface area contributed by atoms with Gasteiger partial charge in [-0.15, -0.1) is 0 Å². The molecule has 14 heteroatoms. The van der Waals surface area contributed by atoms with Crippen LogP contribution in [0.15, 0.2) is 31.1 Å². The summed E-state index contributed by atoms with van der Waals surface area (Å²) in [6.45, 7) is 28.4. The fourth-order valence-corrected chi connectivity index (χ4v) is 8.77. The molecular formula is C40H64N6O6Si2. The first-order chi connectivity index (χ1) is 25.4. The van der Waals surface area contributed by atoms with Gasteiger partial charge in [-0.3, -0.25) is 4.98 Å². The van der Waals surface area contributed by atoms with E-state index < -0.39 is 21.7 Å². The highest BCUT2D eigenvalue weighted by Crippen LogP contribution is 2.47. The Kier molecular flexibility index (Phi) is 13.4. The molecule has 0 spiro atoms. The predicted octanol–water partition coefficient (Wildman–Crippen LogP) is 8.37. The normalized spacial score (nSPS) is 19.0. The van der Waals surface area contributed by atoms with Crippen LogP contribution in [0.25, 0.3) is 22.5 Å². The van der Waals surface area contributed by atoms with E-state index in [1.165, 1.54) is 0 Å². The number of anilines is 1. The maximum atomic E-state index is 13.5. The second kappa shape index (κ2) is 17.2. The number of nitrogens with zero attached hydrogens (tertiary/aromatic N) is 6. The van der Waals surface area contributed by atoms with Crippen LogP contribution in [0.3, 0.4) is 0 Å². The molecule has 0 saturated carbocycles. The van der Waals surface area contributed by atoms with Crippen molar-refractivity contribution in [1.82, 2.24) is 24.5 Å². The largest absolute Gasteiger partial charge is 0.494 e. The van der Waals surface area contributed by atoms with E-state index in [4.69, 9.17) is 29.0 Å². The van der Waals surface area contributed by atoms with E-state index in [0.29, 0.717) is 36.9 Å². The molecule has 2 aliphatic rings. The number of hydrogen-bond donors (Lipinski definition) is 1. The molecule has 5 heterocycles. The molecule has 3 aromatic heterocycles. The van der Waals surface area contributed by atoms with Gasteiger partial charge in [-0.2, -0.15) is 9.61 Å². The molecule has 2 fully saturated rings. The monoisotopic (exact) mass is 780 g/mol. The SMILES string of the molecule is C=C(OCC)c1c([C@H]2C[C@H]3CC[C@@H](C2)N3C(=O)OC(C)(C)C)nc2c(-c3ccc(CO)nc3)cnn2c1N(COCC[Si](C)(C)C)COCC[Si](C)(C)C. The van der Waals surface area contributed by atoms with Crippen LogP contribution >= 0.6 is 0 Å². The average Bonchev–Trinajstić information content (AvgIpc) is 3.62. The molecule has 3 atom stereocenters. The molecule has 1 amide bonds. The Morgan fingerprint density at radius 2 is 1.59 bits per heavy atom. The Hall–Kier alpha value is -3.31. The topological polar surface area (TPSA) is 124 Å². The van der Waals surface area contributed by atoms with Gasteiger partial charge < -0.3 is 33.9 Å². The van der Waals surface area contributed by atoms with Crippen LogP contribution in [0.5, 0.6) is 0 Å². The van der Waals surface area contributed by atoms with Gasteiger partial charge in [0.05, 0.1) is 36.4 Å². The maximum absolute atomic E-state index is 13.5. The number of aromatic nitrogens is 4. The first kappa shape index (κ1) is 41.8. The van der Waals surface area contributed by atoms with Crippen LogP contribution in [0.2, 0.25) is 51.4 Å². The van der Waals surface area contributed by atoms with Crippen molar-refractivity contribution in [3.8, 4) is 11.1 Å². The van der Waals surface area contributed by atoms with Crippen molar-refractivity contribution >= 4 is 39.5 Å². The van der Waals surface area contributed by atoms with E-state index in [1.54, 1.807) is 6.20 Å². The number of amides is 1. The van der Waals surface area contributed by atoms with Crippen molar-refractivity contribution in [2.45, 2.75) is 135 Å². The molecule has 3 aromatic rings.